The molecule has 0 fully saturated rings. The number of hydrogen-bond acceptors (Lipinski definition) is 8. The molecule has 0 aliphatic rings. The lowest BCUT2D eigenvalue weighted by Gasteiger charge is -2.28. The normalized spacial score (nSPS) is 14.2. The molecule has 0 spiro atoms. The van der Waals surface area contributed by atoms with Crippen molar-refractivity contribution in [2.75, 3.05) is 47.5 Å². The van der Waals surface area contributed by atoms with Crippen molar-refractivity contribution in [3.05, 3.63) is 194 Å². The van der Waals surface area contributed by atoms with Crippen LogP contribution in [-0.2, 0) is 32.7 Å². The second-order valence-electron chi connectivity index (χ2n) is 25.2. The van der Waals surface area contributed by atoms with Gasteiger partial charge in [0.25, 0.3) is 7.82 Å². The van der Waals surface area contributed by atoms with Crippen LogP contribution in [0.5, 0.6) is 0 Å². The number of quaternary nitrogens is 1. The average molecular weight is 1320 g/mol. The number of ether oxygens (including phenoxy) is 2. The van der Waals surface area contributed by atoms with Gasteiger partial charge in [0.15, 0.2) is 6.10 Å². The van der Waals surface area contributed by atoms with Crippen LogP contribution in [0.3, 0.4) is 0 Å². The Morgan fingerprint density at radius 2 is 0.574 bits per heavy atom. The Balaban J connectivity index is 4.11. The van der Waals surface area contributed by atoms with Crippen molar-refractivity contribution in [3.8, 4) is 0 Å². The summed E-state index contributed by atoms with van der Waals surface area (Å²) in [5, 5.41) is 0. The zero-order chi connectivity index (χ0) is 68.3. The number of esters is 2. The summed E-state index contributed by atoms with van der Waals surface area (Å²) < 4.78 is 34.3. The minimum absolute atomic E-state index is 0.0419. The van der Waals surface area contributed by atoms with E-state index >= 15 is 0 Å². The molecule has 0 bridgehead atoms. The maximum atomic E-state index is 12.9. The summed E-state index contributed by atoms with van der Waals surface area (Å²) in [7, 11) is 1.14. The predicted molar refractivity (Wildman–Crippen MR) is 406 cm³/mol. The Hall–Kier alpha value is -5.15. The monoisotopic (exact) mass is 1320 g/mol. The summed E-state index contributed by atoms with van der Waals surface area (Å²) in [6.07, 6.45) is 112. The molecular weight excluding hydrogens is 1180 g/mol. The molecule has 0 aromatic carbocycles. The van der Waals surface area contributed by atoms with Gasteiger partial charge in [0.05, 0.1) is 27.7 Å². The lowest BCUT2D eigenvalue weighted by Crippen LogP contribution is -2.37. The van der Waals surface area contributed by atoms with Crippen LogP contribution in [0.2, 0.25) is 0 Å². The maximum absolute atomic E-state index is 12.9. The Morgan fingerprint density at radius 3 is 0.851 bits per heavy atom. The standard InChI is InChI=1S/C84H136NO8P/c1-6-8-10-12-14-16-18-20-22-24-26-28-30-32-34-36-37-38-39-40-41-42-43-44-45-46-47-49-51-53-55-57-59-61-63-65-67-69-71-73-75-77-84(87)93-82(81-92-94(88,89)91-79-78-85(3,4)5)80-90-83(86)76-74-72-70-68-66-64-62-60-58-56-54-52-50-48-35-33-31-29-27-25-23-21-19-17-15-13-11-9-7-2/h8-11,14-17,20-23,26-29,32-35,37-38,40-41,43-44,46-47,50-53,82H,6-7,12-13,18-19,24-25,30-31,36,39,42,45,48-49,54-81H2,1-5H3/b10-8-,11-9-,16-14-,17-15-,22-20-,23-21-,28-26-,29-27-,34-32-,35-33-,38-37-,41-40-,44-43-,47-46-,52-50-,53-51-. The van der Waals surface area contributed by atoms with Gasteiger partial charge in [0.1, 0.15) is 19.8 Å². The van der Waals surface area contributed by atoms with Crippen molar-refractivity contribution >= 4 is 19.8 Å². The van der Waals surface area contributed by atoms with Crippen molar-refractivity contribution in [3.63, 3.8) is 0 Å². The molecule has 0 aromatic heterocycles. The van der Waals surface area contributed by atoms with E-state index in [0.717, 1.165) is 154 Å². The van der Waals surface area contributed by atoms with Gasteiger partial charge in [0, 0.05) is 12.8 Å². The molecule has 0 amide bonds. The van der Waals surface area contributed by atoms with Crippen LogP contribution in [0.15, 0.2) is 194 Å². The minimum Gasteiger partial charge on any atom is -0.756 e. The minimum atomic E-state index is -4.66. The third-order valence-corrected chi connectivity index (χ3v) is 16.1. The molecule has 0 saturated heterocycles. The van der Waals surface area contributed by atoms with E-state index < -0.39 is 32.5 Å². The molecule has 0 N–H and O–H groups in total. The Morgan fingerprint density at radius 1 is 0.330 bits per heavy atom. The van der Waals surface area contributed by atoms with E-state index in [9.17, 15) is 19.0 Å². The van der Waals surface area contributed by atoms with Gasteiger partial charge in [-0.3, -0.25) is 14.2 Å². The molecule has 0 rings (SSSR count). The lowest BCUT2D eigenvalue weighted by atomic mass is 10.0. The van der Waals surface area contributed by atoms with E-state index in [2.05, 4.69) is 208 Å². The first-order valence-corrected chi connectivity index (χ1v) is 38.6. The van der Waals surface area contributed by atoms with Crippen molar-refractivity contribution < 1.29 is 42.1 Å². The van der Waals surface area contributed by atoms with Gasteiger partial charge in [-0.1, -0.05) is 311 Å². The smallest absolute Gasteiger partial charge is 0.306 e. The molecule has 0 aliphatic carbocycles. The number of carbonyl (C=O) groups excluding carboxylic acids is 2. The van der Waals surface area contributed by atoms with Gasteiger partial charge in [-0.15, -0.1) is 0 Å². The van der Waals surface area contributed by atoms with Gasteiger partial charge in [0.2, 0.25) is 0 Å². The molecule has 0 aromatic rings. The van der Waals surface area contributed by atoms with Crippen molar-refractivity contribution in [1.82, 2.24) is 0 Å². The molecule has 2 unspecified atom stereocenters. The number of unbranched alkanes of at least 4 members (excludes halogenated alkanes) is 20. The fourth-order valence-electron chi connectivity index (χ4n) is 9.51. The van der Waals surface area contributed by atoms with Gasteiger partial charge < -0.3 is 27.9 Å². The van der Waals surface area contributed by atoms with Gasteiger partial charge in [-0.05, 0) is 141 Å². The maximum Gasteiger partial charge on any atom is 0.306 e. The number of allylic oxidation sites excluding steroid dienone is 32. The zero-order valence-electron chi connectivity index (χ0n) is 60.3. The first kappa shape index (κ1) is 88.8. The van der Waals surface area contributed by atoms with Crippen LogP contribution < -0.4 is 4.89 Å². The highest BCUT2D eigenvalue weighted by Gasteiger charge is 2.22. The molecule has 2 atom stereocenters. The first-order valence-electron chi connectivity index (χ1n) is 37.1. The topological polar surface area (TPSA) is 111 Å². The molecule has 530 valence electrons. The predicted octanol–water partition coefficient (Wildman–Crippen LogP) is 24.2. The third-order valence-electron chi connectivity index (χ3n) is 15.1. The van der Waals surface area contributed by atoms with Crippen molar-refractivity contribution in [1.29, 1.82) is 0 Å². The molecule has 9 nitrogen and oxygen atoms in total. The summed E-state index contributed by atoms with van der Waals surface area (Å²) >= 11 is 0. The van der Waals surface area contributed by atoms with E-state index in [4.69, 9.17) is 18.5 Å². The van der Waals surface area contributed by atoms with E-state index in [1.165, 1.54) is 77.0 Å². The molecule has 0 saturated carbocycles. The van der Waals surface area contributed by atoms with Gasteiger partial charge >= 0.3 is 11.9 Å². The fourth-order valence-corrected chi connectivity index (χ4v) is 10.2. The van der Waals surface area contributed by atoms with Crippen molar-refractivity contribution in [2.24, 2.45) is 0 Å². The van der Waals surface area contributed by atoms with Crippen molar-refractivity contribution in [2.45, 2.75) is 277 Å². The highest BCUT2D eigenvalue weighted by atomic mass is 31.2. The number of phosphoric ester groups is 1. The number of likely N-dealkylation sites (N-methyl/N-ethyl adjacent to an activating group) is 1. The highest BCUT2D eigenvalue weighted by molar-refractivity contribution is 7.45. The summed E-state index contributed by atoms with van der Waals surface area (Å²) in [6.45, 7) is 3.99. The summed E-state index contributed by atoms with van der Waals surface area (Å²) in [5.74, 6) is -0.853. The van der Waals surface area contributed by atoms with Crippen LogP contribution >= 0.6 is 7.82 Å². The Kier molecular flexibility index (Phi) is 68.2. The molecule has 0 heterocycles. The van der Waals surface area contributed by atoms with Gasteiger partial charge in [-0.2, -0.15) is 0 Å². The van der Waals surface area contributed by atoms with Crippen LogP contribution in [0.4, 0.5) is 0 Å². The molecule has 0 radical (unpaired) electrons. The van der Waals surface area contributed by atoms with E-state index in [-0.39, 0.29) is 26.1 Å². The quantitative estimate of drug-likeness (QED) is 0.0195. The SMILES string of the molecule is CC/C=C\C/C=C\C/C=C\C/C=C\C/C=C\C/C=C\C/C=C\C/C=C\C/C=C\C/C=C\CCCCCCCCCCCCC(=O)OC(COC(=O)CCCCCCCCCCCC/C=C\C/C=C\C/C=C\C/C=C\C/C=C\C/C=C\CC)COP(=O)([O-])OCC[N+](C)(C)C. The molecule has 94 heavy (non-hydrogen) atoms. The number of rotatable bonds is 66. The second-order valence-corrected chi connectivity index (χ2v) is 26.6. The van der Waals surface area contributed by atoms with E-state index in [1.807, 2.05) is 21.1 Å². The number of carbonyl (C=O) groups is 2. The average Bonchev–Trinajstić information content (AvgIpc) is 1.57. The Labute approximate surface area is 577 Å². The largest absolute Gasteiger partial charge is 0.756 e. The van der Waals surface area contributed by atoms with Crippen LogP contribution in [-0.4, -0.2) is 70.0 Å². The molecule has 10 heteroatoms. The zero-order valence-corrected chi connectivity index (χ0v) is 61.2. The highest BCUT2D eigenvalue weighted by Crippen LogP contribution is 2.38. The van der Waals surface area contributed by atoms with E-state index in [1.54, 1.807) is 0 Å². The second kappa shape index (κ2) is 72.1. The summed E-state index contributed by atoms with van der Waals surface area (Å²) in [6, 6.07) is 0. The summed E-state index contributed by atoms with van der Waals surface area (Å²) in [5.41, 5.74) is 0. The van der Waals surface area contributed by atoms with Crippen LogP contribution in [0.25, 0.3) is 0 Å². The number of phosphoric acid groups is 1. The first-order chi connectivity index (χ1) is 46.0. The third kappa shape index (κ3) is 75.9. The Bertz CT molecular complexity index is 2290. The van der Waals surface area contributed by atoms with E-state index in [0.29, 0.717) is 23.9 Å². The van der Waals surface area contributed by atoms with Gasteiger partial charge in [-0.25, -0.2) is 0 Å². The van der Waals surface area contributed by atoms with Crippen LogP contribution in [0.1, 0.15) is 271 Å². The fraction of sp³-hybridized carbons (Fsp3) is 0.595. The number of hydrogen-bond donors (Lipinski definition) is 0. The van der Waals surface area contributed by atoms with Crippen LogP contribution in [0, 0.1) is 0 Å². The molecular formula is C84H136NO8P. The summed E-state index contributed by atoms with van der Waals surface area (Å²) in [4.78, 5) is 38.1. The lowest BCUT2D eigenvalue weighted by molar-refractivity contribution is -0.870. The number of nitrogens with zero attached hydrogens (tertiary/aromatic N) is 1. The molecule has 0 aliphatic heterocycles.